The largest absolute Gasteiger partial charge is 0.490 e. The molecule has 28 heavy (non-hydrogen) atoms. The molecule has 0 aliphatic carbocycles. The second-order valence-electron chi connectivity index (χ2n) is 6.63. The third-order valence-corrected chi connectivity index (χ3v) is 5.60. The number of carbonyl (C=O) groups excluding carboxylic acids is 1. The maximum absolute atomic E-state index is 12.6. The monoisotopic (exact) mass is 395 g/mol. The van der Waals surface area contributed by atoms with Crippen LogP contribution in [0.5, 0.6) is 5.75 Å². The van der Waals surface area contributed by atoms with Crippen LogP contribution in [0.1, 0.15) is 28.1 Å². The zero-order valence-electron chi connectivity index (χ0n) is 15.6. The van der Waals surface area contributed by atoms with Crippen molar-refractivity contribution in [1.29, 1.82) is 0 Å². The molecule has 1 fully saturated rings. The van der Waals surface area contributed by atoms with Crippen LogP contribution in [0.15, 0.2) is 48.9 Å². The number of hydrogen-bond donors (Lipinski definition) is 1. The van der Waals surface area contributed by atoms with Gasteiger partial charge in [0.15, 0.2) is 0 Å². The summed E-state index contributed by atoms with van der Waals surface area (Å²) in [6.07, 6.45) is 7.03. The third kappa shape index (κ3) is 4.37. The molecule has 0 saturated carbocycles. The molecule has 0 radical (unpaired) electrons. The standard InChI is InChI=1S/C21H21N3O3S/c1-14-12-16(2-3-18(14)27-17-6-10-26-11-7-17)24-20(25)19-13-23-21(28-19)15-4-8-22-9-5-15/h2-5,8-9,12-13,17H,6-7,10-11H2,1H3,(H,24,25). The van der Waals surface area contributed by atoms with Crippen molar-refractivity contribution >= 4 is 22.9 Å². The fourth-order valence-corrected chi connectivity index (χ4v) is 3.85. The molecule has 4 rings (SSSR count). The van der Waals surface area contributed by atoms with Gasteiger partial charge in [-0.15, -0.1) is 11.3 Å². The van der Waals surface area contributed by atoms with E-state index in [0.29, 0.717) is 4.88 Å². The van der Waals surface area contributed by atoms with Crippen molar-refractivity contribution < 1.29 is 14.3 Å². The first-order chi connectivity index (χ1) is 13.7. The molecule has 0 bridgehead atoms. The van der Waals surface area contributed by atoms with Crippen molar-refractivity contribution in [2.45, 2.75) is 25.9 Å². The number of nitrogens with zero attached hydrogens (tertiary/aromatic N) is 2. The van der Waals surface area contributed by atoms with Crippen LogP contribution in [0, 0.1) is 6.92 Å². The molecule has 0 spiro atoms. The van der Waals surface area contributed by atoms with Crippen LogP contribution in [0.2, 0.25) is 0 Å². The number of aryl methyl sites for hydroxylation is 1. The molecule has 0 atom stereocenters. The molecule has 1 N–H and O–H groups in total. The summed E-state index contributed by atoms with van der Waals surface area (Å²) in [4.78, 5) is 21.5. The predicted octanol–water partition coefficient (Wildman–Crippen LogP) is 4.32. The smallest absolute Gasteiger partial charge is 0.267 e. The van der Waals surface area contributed by atoms with E-state index >= 15 is 0 Å². The third-order valence-electron chi connectivity index (χ3n) is 4.55. The van der Waals surface area contributed by atoms with E-state index in [1.807, 2.05) is 37.3 Å². The number of thiazole rings is 1. The Bertz CT molecular complexity index is 953. The first-order valence-corrected chi connectivity index (χ1v) is 10.0. The lowest BCUT2D eigenvalue weighted by atomic mass is 10.1. The molecule has 1 aliphatic rings. The van der Waals surface area contributed by atoms with E-state index in [9.17, 15) is 4.79 Å². The second-order valence-corrected chi connectivity index (χ2v) is 7.66. The van der Waals surface area contributed by atoms with Crippen LogP contribution in [-0.2, 0) is 4.74 Å². The summed E-state index contributed by atoms with van der Waals surface area (Å²) < 4.78 is 11.4. The molecule has 1 saturated heterocycles. The average molecular weight is 395 g/mol. The number of hydrogen-bond acceptors (Lipinski definition) is 6. The summed E-state index contributed by atoms with van der Waals surface area (Å²) in [6.45, 7) is 3.47. The summed E-state index contributed by atoms with van der Waals surface area (Å²) in [5.41, 5.74) is 2.68. The summed E-state index contributed by atoms with van der Waals surface area (Å²) in [5.74, 6) is 0.679. The minimum atomic E-state index is -0.171. The number of anilines is 1. The predicted molar refractivity (Wildman–Crippen MR) is 109 cm³/mol. The van der Waals surface area contributed by atoms with E-state index in [-0.39, 0.29) is 12.0 Å². The fraction of sp³-hybridized carbons (Fsp3) is 0.286. The number of nitrogens with one attached hydrogen (secondary N) is 1. The van der Waals surface area contributed by atoms with Crippen LogP contribution in [-0.4, -0.2) is 35.2 Å². The van der Waals surface area contributed by atoms with E-state index in [1.54, 1.807) is 18.6 Å². The number of rotatable bonds is 5. The van der Waals surface area contributed by atoms with Crippen LogP contribution >= 0.6 is 11.3 Å². The van der Waals surface area contributed by atoms with Gasteiger partial charge in [0, 0.05) is 36.5 Å². The maximum Gasteiger partial charge on any atom is 0.267 e. The topological polar surface area (TPSA) is 73.3 Å². The highest BCUT2D eigenvalue weighted by Crippen LogP contribution is 2.27. The number of aromatic nitrogens is 2. The van der Waals surface area contributed by atoms with Gasteiger partial charge in [-0.3, -0.25) is 9.78 Å². The van der Waals surface area contributed by atoms with Crippen LogP contribution < -0.4 is 10.1 Å². The van der Waals surface area contributed by atoms with Crippen molar-refractivity contribution in [2.24, 2.45) is 0 Å². The lowest BCUT2D eigenvalue weighted by Gasteiger charge is -2.24. The van der Waals surface area contributed by atoms with Gasteiger partial charge in [0.05, 0.1) is 19.4 Å². The van der Waals surface area contributed by atoms with E-state index < -0.39 is 0 Å². The molecular weight excluding hydrogens is 374 g/mol. The van der Waals surface area contributed by atoms with Crippen molar-refractivity contribution in [3.63, 3.8) is 0 Å². The van der Waals surface area contributed by atoms with Gasteiger partial charge in [-0.1, -0.05) is 0 Å². The molecule has 3 heterocycles. The number of ether oxygens (including phenoxy) is 2. The summed E-state index contributed by atoms with van der Waals surface area (Å²) in [6, 6.07) is 9.46. The highest BCUT2D eigenvalue weighted by atomic mass is 32.1. The van der Waals surface area contributed by atoms with Gasteiger partial charge in [0.1, 0.15) is 21.7 Å². The Labute approximate surface area is 167 Å². The van der Waals surface area contributed by atoms with Gasteiger partial charge in [0.25, 0.3) is 5.91 Å². The lowest BCUT2D eigenvalue weighted by Crippen LogP contribution is -2.26. The minimum absolute atomic E-state index is 0.171. The number of pyridine rings is 1. The van der Waals surface area contributed by atoms with Gasteiger partial charge in [0.2, 0.25) is 0 Å². The molecule has 7 heteroatoms. The molecular formula is C21H21N3O3S. The molecule has 0 unspecified atom stereocenters. The summed E-state index contributed by atoms with van der Waals surface area (Å²) in [5, 5.41) is 3.73. The summed E-state index contributed by atoms with van der Waals surface area (Å²) in [7, 11) is 0. The Morgan fingerprint density at radius 2 is 2.00 bits per heavy atom. The van der Waals surface area contributed by atoms with Gasteiger partial charge in [-0.05, 0) is 42.8 Å². The molecule has 144 valence electrons. The van der Waals surface area contributed by atoms with Crippen molar-refractivity contribution in [3.8, 4) is 16.3 Å². The maximum atomic E-state index is 12.6. The SMILES string of the molecule is Cc1cc(NC(=O)c2cnc(-c3ccncc3)s2)ccc1OC1CCOCC1. The van der Waals surface area contributed by atoms with Crippen LogP contribution in [0.25, 0.3) is 10.6 Å². The van der Waals surface area contributed by atoms with Gasteiger partial charge >= 0.3 is 0 Å². The van der Waals surface area contributed by atoms with E-state index in [0.717, 1.165) is 53.6 Å². The number of amides is 1. The zero-order chi connectivity index (χ0) is 19.3. The Morgan fingerprint density at radius 1 is 1.21 bits per heavy atom. The first kappa shape index (κ1) is 18.6. The van der Waals surface area contributed by atoms with Crippen LogP contribution in [0.4, 0.5) is 5.69 Å². The number of benzene rings is 1. The summed E-state index contributed by atoms with van der Waals surface area (Å²) >= 11 is 1.36. The minimum Gasteiger partial charge on any atom is -0.490 e. The first-order valence-electron chi connectivity index (χ1n) is 9.21. The zero-order valence-corrected chi connectivity index (χ0v) is 16.4. The fourth-order valence-electron chi connectivity index (χ4n) is 3.03. The van der Waals surface area contributed by atoms with Gasteiger partial charge in [-0.25, -0.2) is 4.98 Å². The van der Waals surface area contributed by atoms with Crippen LogP contribution in [0.3, 0.4) is 0 Å². The Kier molecular flexibility index (Phi) is 5.64. The molecule has 1 aliphatic heterocycles. The molecule has 2 aromatic heterocycles. The Hall–Kier alpha value is -2.77. The quantitative estimate of drug-likeness (QED) is 0.696. The highest BCUT2D eigenvalue weighted by molar-refractivity contribution is 7.17. The van der Waals surface area contributed by atoms with Crippen molar-refractivity contribution in [2.75, 3.05) is 18.5 Å². The normalized spacial score (nSPS) is 14.6. The Morgan fingerprint density at radius 3 is 2.75 bits per heavy atom. The number of carbonyl (C=O) groups is 1. The molecule has 3 aromatic rings. The average Bonchev–Trinajstić information content (AvgIpc) is 3.22. The molecule has 1 aromatic carbocycles. The van der Waals surface area contributed by atoms with E-state index in [4.69, 9.17) is 9.47 Å². The molecule has 1 amide bonds. The Balaban J connectivity index is 1.42. The van der Waals surface area contributed by atoms with E-state index in [1.165, 1.54) is 11.3 Å². The second kappa shape index (κ2) is 8.50. The van der Waals surface area contributed by atoms with Gasteiger partial charge in [-0.2, -0.15) is 0 Å². The van der Waals surface area contributed by atoms with Crippen molar-refractivity contribution in [3.05, 3.63) is 59.4 Å². The molecule has 6 nitrogen and oxygen atoms in total. The van der Waals surface area contributed by atoms with E-state index in [2.05, 4.69) is 15.3 Å². The van der Waals surface area contributed by atoms with Crippen molar-refractivity contribution in [1.82, 2.24) is 9.97 Å². The van der Waals surface area contributed by atoms with Gasteiger partial charge < -0.3 is 14.8 Å². The lowest BCUT2D eigenvalue weighted by molar-refractivity contribution is 0.0253. The highest BCUT2D eigenvalue weighted by Gasteiger charge is 2.17.